The molecule has 1 radical (unpaired) electrons. The fraction of sp³-hybridized carbons (Fsp3) is 0.0400. The number of hydrogen-bond donors (Lipinski definition) is 0. The summed E-state index contributed by atoms with van der Waals surface area (Å²) in [6.45, 7) is 2.45. The van der Waals surface area contributed by atoms with Gasteiger partial charge in [0.05, 0.1) is 0 Å². The molecular weight excluding hydrogens is 328 g/mol. The Morgan fingerprint density at radius 3 is 1.42 bits per heavy atom. The minimum absolute atomic E-state index is 1.23. The zero-order valence-electron chi connectivity index (χ0n) is 14.9. The van der Waals surface area contributed by atoms with Gasteiger partial charge in [0.25, 0.3) is 0 Å². The zero-order chi connectivity index (χ0) is 17.8. The number of benzene rings is 4. The van der Waals surface area contributed by atoms with Crippen LogP contribution in [-0.2, 0) is 0 Å². The van der Waals surface area contributed by atoms with Gasteiger partial charge in [-0.1, -0.05) is 116 Å². The van der Waals surface area contributed by atoms with Gasteiger partial charge in [-0.2, -0.15) is 0 Å². The molecule has 0 amide bonds. The summed E-state index contributed by atoms with van der Waals surface area (Å²) in [4.78, 5) is 0. The van der Waals surface area contributed by atoms with E-state index in [0.29, 0.717) is 0 Å². The van der Waals surface area contributed by atoms with Crippen LogP contribution in [0.2, 0.25) is 6.55 Å². The van der Waals surface area contributed by atoms with Crippen molar-refractivity contribution in [2.24, 2.45) is 0 Å². The SMILES string of the molecule is C[Si](c1ccccc1)(c1ccccc1)c1ccc(-c2cc[c]cc2)cc1. The Hall–Kier alpha value is -2.90. The van der Waals surface area contributed by atoms with Gasteiger partial charge in [-0.05, 0) is 32.8 Å². The normalized spacial score (nSPS) is 11.3. The summed E-state index contributed by atoms with van der Waals surface area (Å²) in [5.74, 6) is 0. The van der Waals surface area contributed by atoms with Gasteiger partial charge >= 0.3 is 0 Å². The molecule has 0 aliphatic carbocycles. The van der Waals surface area contributed by atoms with Crippen LogP contribution in [0.15, 0.2) is 109 Å². The fourth-order valence-corrected chi connectivity index (χ4v) is 7.17. The van der Waals surface area contributed by atoms with E-state index in [1.807, 2.05) is 12.1 Å². The van der Waals surface area contributed by atoms with Crippen molar-refractivity contribution in [2.75, 3.05) is 0 Å². The molecule has 0 bridgehead atoms. The van der Waals surface area contributed by atoms with Crippen molar-refractivity contribution in [3.8, 4) is 11.1 Å². The van der Waals surface area contributed by atoms with Crippen molar-refractivity contribution in [3.05, 3.63) is 115 Å². The second-order valence-electron chi connectivity index (χ2n) is 6.72. The first kappa shape index (κ1) is 16.6. The molecule has 4 aromatic carbocycles. The summed E-state index contributed by atoms with van der Waals surface area (Å²) in [6, 6.07) is 42.3. The highest BCUT2D eigenvalue weighted by Gasteiger charge is 2.33. The zero-order valence-corrected chi connectivity index (χ0v) is 15.9. The van der Waals surface area contributed by atoms with Gasteiger partial charge in [-0.25, -0.2) is 0 Å². The maximum Gasteiger partial charge on any atom is 0.145 e. The van der Waals surface area contributed by atoms with Gasteiger partial charge in [-0.15, -0.1) is 0 Å². The lowest BCUT2D eigenvalue weighted by atomic mass is 10.1. The Morgan fingerprint density at radius 1 is 0.500 bits per heavy atom. The fourth-order valence-electron chi connectivity index (χ4n) is 3.62. The molecule has 0 N–H and O–H groups in total. The van der Waals surface area contributed by atoms with Crippen LogP contribution in [0.4, 0.5) is 0 Å². The van der Waals surface area contributed by atoms with Gasteiger partial charge in [0, 0.05) is 0 Å². The minimum Gasteiger partial charge on any atom is -0.0624 e. The lowest BCUT2D eigenvalue weighted by Crippen LogP contribution is -2.64. The molecule has 0 fully saturated rings. The lowest BCUT2D eigenvalue weighted by Gasteiger charge is -2.29. The van der Waals surface area contributed by atoms with E-state index in [2.05, 4.69) is 110 Å². The average Bonchev–Trinajstić information content (AvgIpc) is 2.75. The Morgan fingerprint density at radius 2 is 0.923 bits per heavy atom. The molecule has 0 saturated heterocycles. The van der Waals surface area contributed by atoms with Crippen LogP contribution in [0.5, 0.6) is 0 Å². The van der Waals surface area contributed by atoms with E-state index in [1.165, 1.54) is 26.7 Å². The van der Waals surface area contributed by atoms with E-state index in [-0.39, 0.29) is 0 Å². The van der Waals surface area contributed by atoms with E-state index in [0.717, 1.165) is 0 Å². The third-order valence-electron chi connectivity index (χ3n) is 5.22. The third kappa shape index (κ3) is 3.02. The summed E-state index contributed by atoms with van der Waals surface area (Å²) in [5.41, 5.74) is 2.48. The van der Waals surface area contributed by atoms with E-state index >= 15 is 0 Å². The van der Waals surface area contributed by atoms with Gasteiger partial charge in [-0.3, -0.25) is 0 Å². The van der Waals surface area contributed by atoms with Crippen LogP contribution in [0.25, 0.3) is 11.1 Å². The predicted octanol–water partition coefficient (Wildman–Crippen LogP) is 4.25. The van der Waals surface area contributed by atoms with Crippen molar-refractivity contribution >= 4 is 23.6 Å². The first-order valence-electron chi connectivity index (χ1n) is 8.96. The van der Waals surface area contributed by atoms with Crippen molar-refractivity contribution in [1.29, 1.82) is 0 Å². The van der Waals surface area contributed by atoms with E-state index in [9.17, 15) is 0 Å². The second kappa shape index (κ2) is 7.15. The molecule has 0 atom stereocenters. The molecule has 1 heteroatoms. The Kier molecular flexibility index (Phi) is 4.55. The molecule has 0 unspecified atom stereocenters. The molecule has 0 nitrogen and oxygen atoms in total. The maximum atomic E-state index is 3.09. The highest BCUT2D eigenvalue weighted by molar-refractivity contribution is 7.10. The highest BCUT2D eigenvalue weighted by atomic mass is 28.3. The molecular formula is C25H21Si. The van der Waals surface area contributed by atoms with Crippen LogP contribution in [0.1, 0.15) is 0 Å². The van der Waals surface area contributed by atoms with E-state index in [4.69, 9.17) is 0 Å². The predicted molar refractivity (Wildman–Crippen MR) is 114 cm³/mol. The second-order valence-corrected chi connectivity index (χ2v) is 10.7. The molecule has 0 heterocycles. The highest BCUT2D eigenvalue weighted by Crippen LogP contribution is 2.18. The average molecular weight is 350 g/mol. The molecule has 0 aromatic heterocycles. The quantitative estimate of drug-likeness (QED) is 0.382. The van der Waals surface area contributed by atoms with Gasteiger partial charge < -0.3 is 0 Å². The van der Waals surface area contributed by atoms with Crippen molar-refractivity contribution in [3.63, 3.8) is 0 Å². The third-order valence-corrected chi connectivity index (χ3v) is 9.68. The summed E-state index contributed by atoms with van der Waals surface area (Å²) in [6.07, 6.45) is 0. The maximum absolute atomic E-state index is 3.09. The van der Waals surface area contributed by atoms with Crippen LogP contribution < -0.4 is 15.6 Å². The van der Waals surface area contributed by atoms with Crippen molar-refractivity contribution < 1.29 is 0 Å². The first-order valence-corrected chi connectivity index (χ1v) is 11.5. The van der Waals surface area contributed by atoms with Gasteiger partial charge in [0.2, 0.25) is 0 Å². The molecule has 26 heavy (non-hydrogen) atoms. The van der Waals surface area contributed by atoms with Crippen LogP contribution in [-0.4, -0.2) is 8.07 Å². The largest absolute Gasteiger partial charge is 0.145 e. The Balaban J connectivity index is 1.83. The van der Waals surface area contributed by atoms with Crippen LogP contribution in [0.3, 0.4) is 0 Å². The molecule has 4 rings (SSSR count). The lowest BCUT2D eigenvalue weighted by molar-refractivity contribution is 1.61. The van der Waals surface area contributed by atoms with Crippen LogP contribution in [0, 0.1) is 6.07 Å². The summed E-state index contributed by atoms with van der Waals surface area (Å²) in [7, 11) is -2.01. The molecule has 0 aliphatic heterocycles. The van der Waals surface area contributed by atoms with E-state index in [1.54, 1.807) is 0 Å². The molecule has 4 aromatic rings. The van der Waals surface area contributed by atoms with Crippen LogP contribution >= 0.6 is 0 Å². The van der Waals surface area contributed by atoms with Crippen molar-refractivity contribution in [2.45, 2.75) is 6.55 Å². The number of rotatable bonds is 4. The summed E-state index contributed by atoms with van der Waals surface area (Å²) >= 11 is 0. The minimum atomic E-state index is -2.01. The Labute approximate surface area is 156 Å². The molecule has 125 valence electrons. The molecule has 0 aliphatic rings. The topological polar surface area (TPSA) is 0 Å². The van der Waals surface area contributed by atoms with E-state index < -0.39 is 8.07 Å². The summed E-state index contributed by atoms with van der Waals surface area (Å²) in [5, 5.41) is 4.31. The monoisotopic (exact) mass is 349 g/mol. The van der Waals surface area contributed by atoms with Crippen molar-refractivity contribution in [1.82, 2.24) is 0 Å². The van der Waals surface area contributed by atoms with Gasteiger partial charge in [0.1, 0.15) is 8.07 Å². The Bertz CT molecular complexity index is 919. The van der Waals surface area contributed by atoms with Gasteiger partial charge in [0.15, 0.2) is 0 Å². The number of hydrogen-bond acceptors (Lipinski definition) is 0. The summed E-state index contributed by atoms with van der Waals surface area (Å²) < 4.78 is 0. The standard InChI is InChI=1S/C25H21Si/c1-26(23-13-7-3-8-14-23,24-15-9-4-10-16-24)25-19-17-22(18-20-25)21-11-5-2-6-12-21/h3-20H,1H3. The first-order chi connectivity index (χ1) is 12.8. The molecule has 0 saturated carbocycles. The smallest absolute Gasteiger partial charge is 0.0624 e. The molecule has 0 spiro atoms.